The monoisotopic (exact) mass is 318 g/mol. The molecule has 2 aromatic rings. The van der Waals surface area contributed by atoms with Gasteiger partial charge in [0.1, 0.15) is 0 Å². The number of carbonyl (C=O) groups excluding carboxylic acids is 1. The molecular weight excluding hydrogens is 304 g/mol. The Labute approximate surface area is 133 Å². The number of carbonyl (C=O) groups is 1. The lowest BCUT2D eigenvalue weighted by molar-refractivity contribution is 0.0955. The summed E-state index contributed by atoms with van der Waals surface area (Å²) in [6, 6.07) is 16.4. The Morgan fingerprint density at radius 2 is 1.76 bits per heavy atom. The van der Waals surface area contributed by atoms with Crippen LogP contribution in [0.25, 0.3) is 0 Å². The molecule has 0 saturated carbocycles. The number of hydrazone groups is 1. The first-order valence-electron chi connectivity index (χ1n) is 6.37. The van der Waals surface area contributed by atoms with Gasteiger partial charge in [0.05, 0.1) is 5.71 Å². The van der Waals surface area contributed by atoms with Crippen molar-refractivity contribution < 1.29 is 4.79 Å². The van der Waals surface area contributed by atoms with Gasteiger partial charge in [-0.3, -0.25) is 4.79 Å². The van der Waals surface area contributed by atoms with Crippen LogP contribution in [0.4, 0.5) is 0 Å². The molecule has 0 atom stereocenters. The van der Waals surface area contributed by atoms with Crippen LogP contribution in [0, 0.1) is 0 Å². The first-order valence-corrected chi connectivity index (χ1v) is 8.14. The maximum atomic E-state index is 12.0. The number of hydrogen-bond donors (Lipinski definition) is 1. The van der Waals surface area contributed by atoms with E-state index in [9.17, 15) is 4.79 Å². The van der Waals surface area contributed by atoms with Gasteiger partial charge in [0.15, 0.2) is 0 Å². The van der Waals surface area contributed by atoms with E-state index in [1.54, 1.807) is 23.9 Å². The predicted molar refractivity (Wildman–Crippen MR) is 90.3 cm³/mol. The topological polar surface area (TPSA) is 41.5 Å². The number of halogens is 1. The summed E-state index contributed by atoms with van der Waals surface area (Å²) in [6.07, 6.45) is 1.99. The second kappa shape index (κ2) is 7.86. The maximum absolute atomic E-state index is 12.0. The number of amides is 1. The third kappa shape index (κ3) is 4.62. The molecule has 2 rings (SSSR count). The Balaban J connectivity index is 2.14. The zero-order valence-electron chi connectivity index (χ0n) is 11.5. The first kappa shape index (κ1) is 15.6. The van der Waals surface area contributed by atoms with Gasteiger partial charge in [-0.2, -0.15) is 16.9 Å². The van der Waals surface area contributed by atoms with Crippen LogP contribution in [0.3, 0.4) is 0 Å². The molecule has 2 aromatic carbocycles. The zero-order chi connectivity index (χ0) is 15.1. The lowest BCUT2D eigenvalue weighted by Crippen LogP contribution is -2.20. The summed E-state index contributed by atoms with van der Waals surface area (Å²) < 4.78 is 0. The lowest BCUT2D eigenvalue weighted by Gasteiger charge is -2.06. The summed E-state index contributed by atoms with van der Waals surface area (Å²) in [7, 11) is 0. The van der Waals surface area contributed by atoms with E-state index in [2.05, 4.69) is 10.5 Å². The van der Waals surface area contributed by atoms with E-state index in [4.69, 9.17) is 11.6 Å². The molecule has 0 fully saturated rings. The number of thioether (sulfide) groups is 1. The average molecular weight is 319 g/mol. The Morgan fingerprint density at radius 3 is 2.38 bits per heavy atom. The van der Waals surface area contributed by atoms with Crippen LogP contribution in [0.1, 0.15) is 15.9 Å². The van der Waals surface area contributed by atoms with Gasteiger partial charge in [0.2, 0.25) is 0 Å². The van der Waals surface area contributed by atoms with E-state index in [0.29, 0.717) is 16.3 Å². The molecule has 21 heavy (non-hydrogen) atoms. The van der Waals surface area contributed by atoms with Crippen molar-refractivity contribution in [2.75, 3.05) is 12.0 Å². The second-order valence-corrected chi connectivity index (χ2v) is 5.61. The first-order chi connectivity index (χ1) is 10.2. The number of nitrogens with zero attached hydrogens (tertiary/aromatic N) is 1. The number of benzene rings is 2. The van der Waals surface area contributed by atoms with Gasteiger partial charge in [-0.1, -0.05) is 41.9 Å². The fourth-order valence-corrected chi connectivity index (χ4v) is 2.36. The van der Waals surface area contributed by atoms with Crippen molar-refractivity contribution in [1.82, 2.24) is 5.43 Å². The molecule has 0 radical (unpaired) electrons. The van der Waals surface area contributed by atoms with Crippen LogP contribution < -0.4 is 5.43 Å². The minimum Gasteiger partial charge on any atom is -0.267 e. The van der Waals surface area contributed by atoms with Gasteiger partial charge < -0.3 is 0 Å². The van der Waals surface area contributed by atoms with E-state index in [1.807, 2.05) is 48.7 Å². The van der Waals surface area contributed by atoms with Crippen molar-refractivity contribution in [1.29, 1.82) is 0 Å². The van der Waals surface area contributed by atoms with Crippen LogP contribution in [-0.4, -0.2) is 23.6 Å². The average Bonchev–Trinajstić information content (AvgIpc) is 2.53. The molecule has 0 heterocycles. The SMILES string of the molecule is CSCC(=NNC(=O)c1ccccc1)c1ccc(Cl)cc1. The highest BCUT2D eigenvalue weighted by molar-refractivity contribution is 7.99. The molecule has 0 bridgehead atoms. The highest BCUT2D eigenvalue weighted by atomic mass is 35.5. The normalized spacial score (nSPS) is 11.2. The van der Waals surface area contributed by atoms with Gasteiger partial charge in [-0.15, -0.1) is 0 Å². The van der Waals surface area contributed by atoms with Crippen molar-refractivity contribution in [3.8, 4) is 0 Å². The number of nitrogens with one attached hydrogen (secondary N) is 1. The lowest BCUT2D eigenvalue weighted by atomic mass is 10.1. The van der Waals surface area contributed by atoms with E-state index < -0.39 is 0 Å². The molecule has 0 saturated heterocycles. The van der Waals surface area contributed by atoms with Gasteiger partial charge >= 0.3 is 0 Å². The van der Waals surface area contributed by atoms with E-state index in [-0.39, 0.29) is 5.91 Å². The Hall–Kier alpha value is -1.78. The Bertz CT molecular complexity index is 626. The number of rotatable bonds is 5. The fourth-order valence-electron chi connectivity index (χ4n) is 1.73. The molecule has 3 nitrogen and oxygen atoms in total. The molecule has 108 valence electrons. The van der Waals surface area contributed by atoms with Crippen molar-refractivity contribution in [3.05, 3.63) is 70.7 Å². The quantitative estimate of drug-likeness (QED) is 0.672. The van der Waals surface area contributed by atoms with Crippen LogP contribution in [0.15, 0.2) is 59.7 Å². The highest BCUT2D eigenvalue weighted by Gasteiger charge is 2.06. The minimum atomic E-state index is -0.219. The van der Waals surface area contributed by atoms with Crippen molar-refractivity contribution in [2.24, 2.45) is 5.10 Å². The molecule has 5 heteroatoms. The fraction of sp³-hybridized carbons (Fsp3) is 0.125. The summed E-state index contributed by atoms with van der Waals surface area (Å²) in [5.74, 6) is 0.486. The third-order valence-corrected chi connectivity index (χ3v) is 3.60. The molecule has 0 unspecified atom stereocenters. The van der Waals surface area contributed by atoms with E-state index in [0.717, 1.165) is 11.3 Å². The van der Waals surface area contributed by atoms with Crippen molar-refractivity contribution in [2.45, 2.75) is 0 Å². The van der Waals surface area contributed by atoms with Crippen LogP contribution in [-0.2, 0) is 0 Å². The van der Waals surface area contributed by atoms with Crippen molar-refractivity contribution in [3.63, 3.8) is 0 Å². The molecular formula is C16H15ClN2OS. The van der Waals surface area contributed by atoms with Gasteiger partial charge in [-0.25, -0.2) is 5.43 Å². The molecule has 0 aliphatic heterocycles. The standard InChI is InChI=1S/C16H15ClN2OS/c1-21-11-15(12-7-9-14(17)10-8-12)18-19-16(20)13-5-3-2-4-6-13/h2-10H,11H2,1H3,(H,19,20). The van der Waals surface area contributed by atoms with E-state index in [1.165, 1.54) is 0 Å². The van der Waals surface area contributed by atoms with E-state index >= 15 is 0 Å². The zero-order valence-corrected chi connectivity index (χ0v) is 13.1. The van der Waals surface area contributed by atoms with Gasteiger partial charge in [-0.05, 0) is 36.1 Å². The predicted octanol–water partition coefficient (Wildman–Crippen LogP) is 3.84. The largest absolute Gasteiger partial charge is 0.271 e. The highest BCUT2D eigenvalue weighted by Crippen LogP contribution is 2.12. The Morgan fingerprint density at radius 1 is 1.10 bits per heavy atom. The van der Waals surface area contributed by atoms with Crippen LogP contribution >= 0.6 is 23.4 Å². The van der Waals surface area contributed by atoms with Gasteiger partial charge in [0, 0.05) is 16.3 Å². The molecule has 1 amide bonds. The second-order valence-electron chi connectivity index (χ2n) is 4.31. The molecule has 0 aliphatic rings. The summed E-state index contributed by atoms with van der Waals surface area (Å²) in [5.41, 5.74) is 4.94. The van der Waals surface area contributed by atoms with Crippen molar-refractivity contribution >= 4 is 35.0 Å². The smallest absolute Gasteiger partial charge is 0.267 e. The summed E-state index contributed by atoms with van der Waals surface area (Å²) >= 11 is 7.53. The summed E-state index contributed by atoms with van der Waals surface area (Å²) in [6.45, 7) is 0. The summed E-state index contributed by atoms with van der Waals surface area (Å²) in [5, 5.41) is 4.92. The summed E-state index contributed by atoms with van der Waals surface area (Å²) in [4.78, 5) is 12.0. The molecule has 0 aliphatic carbocycles. The third-order valence-electron chi connectivity index (χ3n) is 2.79. The molecule has 0 aromatic heterocycles. The Kier molecular flexibility index (Phi) is 5.84. The van der Waals surface area contributed by atoms with Crippen LogP contribution in [0.5, 0.6) is 0 Å². The van der Waals surface area contributed by atoms with Crippen LogP contribution in [0.2, 0.25) is 5.02 Å². The maximum Gasteiger partial charge on any atom is 0.271 e. The van der Waals surface area contributed by atoms with Gasteiger partial charge in [0.25, 0.3) is 5.91 Å². The molecule has 1 N–H and O–H groups in total. The number of hydrogen-bond acceptors (Lipinski definition) is 3. The minimum absolute atomic E-state index is 0.219. The molecule has 0 spiro atoms.